The number of nitriles is 1. The van der Waals surface area contributed by atoms with E-state index in [0.29, 0.717) is 4.57 Å². The molecule has 0 aliphatic rings. The maximum atomic E-state index is 13.1. The van der Waals surface area contributed by atoms with E-state index in [9.17, 15) is 31.1 Å². The third-order valence-corrected chi connectivity index (χ3v) is 3.11. The summed E-state index contributed by atoms with van der Waals surface area (Å²) >= 11 is 0. The van der Waals surface area contributed by atoms with Crippen molar-refractivity contribution in [3.8, 4) is 11.9 Å². The van der Waals surface area contributed by atoms with E-state index in [-0.39, 0.29) is 11.6 Å². The predicted octanol–water partition coefficient (Wildman–Crippen LogP) is 3.79. The minimum absolute atomic E-state index is 0.245. The molecule has 0 saturated heterocycles. The summed E-state index contributed by atoms with van der Waals surface area (Å²) in [5, 5.41) is 18.1. The molecule has 0 bridgehead atoms. The topological polar surface area (TPSA) is 78.9 Å². The number of aromatic carboxylic acids is 1. The average molecular weight is 363 g/mol. The number of carbonyl (C=O) groups is 1. The second-order valence-corrected chi connectivity index (χ2v) is 4.94. The van der Waals surface area contributed by atoms with Crippen LogP contribution in [0.25, 0.3) is 5.82 Å². The van der Waals surface area contributed by atoms with Crippen molar-refractivity contribution >= 4 is 5.97 Å². The fourth-order valence-corrected chi connectivity index (χ4v) is 2.12. The van der Waals surface area contributed by atoms with Gasteiger partial charge in [0, 0.05) is 6.20 Å². The summed E-state index contributed by atoms with van der Waals surface area (Å²) in [5.41, 5.74) is -5.34. The van der Waals surface area contributed by atoms with Gasteiger partial charge in [-0.1, -0.05) is 0 Å². The van der Waals surface area contributed by atoms with Crippen molar-refractivity contribution in [3.05, 3.63) is 46.4 Å². The van der Waals surface area contributed by atoms with E-state index in [1.807, 2.05) is 0 Å². The van der Waals surface area contributed by atoms with Gasteiger partial charge in [0.2, 0.25) is 0 Å². The van der Waals surface area contributed by atoms with Crippen molar-refractivity contribution in [2.45, 2.75) is 19.3 Å². The first-order valence-electron chi connectivity index (χ1n) is 6.38. The summed E-state index contributed by atoms with van der Waals surface area (Å²) in [6.07, 6.45) is -9.52. The SMILES string of the molecule is Cc1cc(C(=O)O)n(-c2nc(C(F)(F)F)cc(C(F)(F)F)c2C#N)c1. The third-order valence-electron chi connectivity index (χ3n) is 3.11. The van der Waals surface area contributed by atoms with Crippen LogP contribution in [0.1, 0.15) is 32.9 Å². The first-order valence-corrected chi connectivity index (χ1v) is 6.38. The molecule has 0 unspecified atom stereocenters. The molecule has 25 heavy (non-hydrogen) atoms. The number of carboxylic acid groups (broad SMARTS) is 1. The molecule has 0 aliphatic carbocycles. The number of nitrogens with zero attached hydrogens (tertiary/aromatic N) is 3. The van der Waals surface area contributed by atoms with E-state index >= 15 is 0 Å². The number of aromatic nitrogens is 2. The minimum Gasteiger partial charge on any atom is -0.477 e. The van der Waals surface area contributed by atoms with E-state index in [1.165, 1.54) is 6.92 Å². The van der Waals surface area contributed by atoms with Crippen molar-refractivity contribution in [1.29, 1.82) is 5.26 Å². The van der Waals surface area contributed by atoms with E-state index in [2.05, 4.69) is 4.98 Å². The zero-order chi connectivity index (χ0) is 19.2. The Labute approximate surface area is 135 Å². The van der Waals surface area contributed by atoms with E-state index < -0.39 is 46.7 Å². The molecule has 2 aromatic rings. The molecule has 0 spiro atoms. The average Bonchev–Trinajstić information content (AvgIpc) is 2.86. The molecular formula is C14H7F6N3O2. The summed E-state index contributed by atoms with van der Waals surface area (Å²) in [6.45, 7) is 1.38. The molecular weight excluding hydrogens is 356 g/mol. The normalized spacial score (nSPS) is 12.1. The number of pyridine rings is 1. The number of rotatable bonds is 2. The highest BCUT2D eigenvalue weighted by Gasteiger charge is 2.41. The van der Waals surface area contributed by atoms with Gasteiger partial charge in [-0.15, -0.1) is 0 Å². The maximum absolute atomic E-state index is 13.1. The highest BCUT2D eigenvalue weighted by atomic mass is 19.4. The fraction of sp³-hybridized carbons (Fsp3) is 0.214. The van der Waals surface area contributed by atoms with Gasteiger partial charge in [0.05, 0.1) is 5.56 Å². The summed E-state index contributed by atoms with van der Waals surface area (Å²) < 4.78 is 78.5. The lowest BCUT2D eigenvalue weighted by Crippen LogP contribution is -2.19. The van der Waals surface area contributed by atoms with Gasteiger partial charge in [0.15, 0.2) is 5.82 Å². The van der Waals surface area contributed by atoms with Crippen molar-refractivity contribution in [3.63, 3.8) is 0 Å². The molecule has 0 aliphatic heterocycles. The molecule has 0 aromatic carbocycles. The molecule has 0 atom stereocenters. The van der Waals surface area contributed by atoms with Gasteiger partial charge >= 0.3 is 18.3 Å². The van der Waals surface area contributed by atoms with Crippen LogP contribution in [-0.4, -0.2) is 20.6 Å². The first kappa shape index (κ1) is 18.3. The predicted molar refractivity (Wildman–Crippen MR) is 70.0 cm³/mol. The Kier molecular flexibility index (Phi) is 4.25. The smallest absolute Gasteiger partial charge is 0.433 e. The lowest BCUT2D eigenvalue weighted by molar-refractivity contribution is -0.145. The number of aryl methyl sites for hydroxylation is 1. The summed E-state index contributed by atoms with van der Waals surface area (Å²) in [7, 11) is 0. The summed E-state index contributed by atoms with van der Waals surface area (Å²) in [6, 6.07) is 1.91. The van der Waals surface area contributed by atoms with Crippen molar-refractivity contribution in [2.75, 3.05) is 0 Å². The maximum Gasteiger partial charge on any atom is 0.433 e. The Morgan fingerprint density at radius 2 is 1.80 bits per heavy atom. The van der Waals surface area contributed by atoms with Crippen molar-refractivity contribution < 1.29 is 36.2 Å². The largest absolute Gasteiger partial charge is 0.477 e. The molecule has 2 heterocycles. The van der Waals surface area contributed by atoms with Crippen LogP contribution >= 0.6 is 0 Å². The van der Waals surface area contributed by atoms with Crippen molar-refractivity contribution in [2.24, 2.45) is 0 Å². The van der Waals surface area contributed by atoms with Crippen LogP contribution in [0.2, 0.25) is 0 Å². The third kappa shape index (κ3) is 3.42. The molecule has 2 aromatic heterocycles. The Bertz CT molecular complexity index is 890. The highest BCUT2D eigenvalue weighted by molar-refractivity contribution is 5.87. The van der Waals surface area contributed by atoms with Crippen LogP contribution < -0.4 is 0 Å². The number of alkyl halides is 6. The number of hydrogen-bond donors (Lipinski definition) is 1. The van der Waals surface area contributed by atoms with E-state index in [0.717, 1.165) is 18.3 Å². The van der Waals surface area contributed by atoms with Crippen LogP contribution in [0.4, 0.5) is 26.3 Å². The van der Waals surface area contributed by atoms with Crippen LogP contribution in [0.15, 0.2) is 18.3 Å². The molecule has 132 valence electrons. The van der Waals surface area contributed by atoms with Gasteiger partial charge < -0.3 is 5.11 Å². The Morgan fingerprint density at radius 1 is 1.20 bits per heavy atom. The van der Waals surface area contributed by atoms with Gasteiger partial charge in [-0.25, -0.2) is 9.78 Å². The molecule has 5 nitrogen and oxygen atoms in total. The van der Waals surface area contributed by atoms with Crippen LogP contribution in [-0.2, 0) is 12.4 Å². The molecule has 11 heteroatoms. The zero-order valence-electron chi connectivity index (χ0n) is 12.2. The zero-order valence-corrected chi connectivity index (χ0v) is 12.2. The Balaban J connectivity index is 2.95. The lowest BCUT2D eigenvalue weighted by Gasteiger charge is -2.16. The second kappa shape index (κ2) is 5.80. The fourth-order valence-electron chi connectivity index (χ4n) is 2.12. The summed E-state index contributed by atoms with van der Waals surface area (Å²) in [4.78, 5) is 14.3. The minimum atomic E-state index is -5.27. The first-order chi connectivity index (χ1) is 11.4. The van der Waals surface area contributed by atoms with Gasteiger partial charge in [-0.2, -0.15) is 31.6 Å². The number of carboxylic acids is 1. The molecule has 2 rings (SSSR count). The number of hydrogen-bond acceptors (Lipinski definition) is 3. The molecule has 0 amide bonds. The van der Waals surface area contributed by atoms with E-state index in [1.54, 1.807) is 0 Å². The Hall–Kier alpha value is -3.03. The van der Waals surface area contributed by atoms with Gasteiger partial charge in [0.1, 0.15) is 23.0 Å². The Morgan fingerprint density at radius 3 is 2.24 bits per heavy atom. The molecule has 1 N–H and O–H groups in total. The summed E-state index contributed by atoms with van der Waals surface area (Å²) in [5.74, 6) is -2.67. The van der Waals surface area contributed by atoms with Crippen LogP contribution in [0.5, 0.6) is 0 Å². The number of halogens is 6. The van der Waals surface area contributed by atoms with Crippen LogP contribution in [0, 0.1) is 18.3 Å². The van der Waals surface area contributed by atoms with Gasteiger partial charge in [0.25, 0.3) is 0 Å². The van der Waals surface area contributed by atoms with E-state index in [4.69, 9.17) is 10.4 Å². The quantitative estimate of drug-likeness (QED) is 0.824. The van der Waals surface area contributed by atoms with Gasteiger partial charge in [-0.05, 0) is 24.6 Å². The standard InChI is InChI=1S/C14H7F6N3O2/c1-6-2-9(12(24)25)23(5-6)11-7(4-21)8(13(15,16)17)3-10(22-11)14(18,19)20/h2-3,5H,1H3,(H,24,25). The molecule has 0 fully saturated rings. The molecule has 0 radical (unpaired) electrons. The molecule has 0 saturated carbocycles. The monoisotopic (exact) mass is 363 g/mol. The lowest BCUT2D eigenvalue weighted by atomic mass is 10.1. The second-order valence-electron chi connectivity index (χ2n) is 4.94. The van der Waals surface area contributed by atoms with Crippen LogP contribution in [0.3, 0.4) is 0 Å². The highest BCUT2D eigenvalue weighted by Crippen LogP contribution is 2.38. The van der Waals surface area contributed by atoms with Gasteiger partial charge in [-0.3, -0.25) is 4.57 Å². The van der Waals surface area contributed by atoms with Crippen molar-refractivity contribution in [1.82, 2.24) is 9.55 Å².